The number of nitrogens with zero attached hydrogens (tertiary/aromatic N) is 6. The van der Waals surface area contributed by atoms with Crippen molar-refractivity contribution in [1.82, 2.24) is 19.9 Å². The van der Waals surface area contributed by atoms with Gasteiger partial charge in [0, 0.05) is 25.0 Å². The summed E-state index contributed by atoms with van der Waals surface area (Å²) in [6.45, 7) is 5.33. The molecule has 0 spiro atoms. The van der Waals surface area contributed by atoms with Gasteiger partial charge in [0.05, 0.1) is 16.8 Å². The van der Waals surface area contributed by atoms with Gasteiger partial charge in [0.15, 0.2) is 5.82 Å². The molecule has 0 aromatic carbocycles. The molecule has 0 saturated carbocycles. The highest BCUT2D eigenvalue weighted by molar-refractivity contribution is 5.85. The molecule has 0 amide bonds. The smallest absolute Gasteiger partial charge is 0.158 e. The van der Waals surface area contributed by atoms with Gasteiger partial charge in [0.2, 0.25) is 0 Å². The third-order valence-corrected chi connectivity index (χ3v) is 4.47. The highest BCUT2D eigenvalue weighted by Gasteiger charge is 2.23. The molecular weight excluding hydrogens is 300 g/mol. The number of aryl methyl sites for hydroxylation is 2. The Labute approximate surface area is 139 Å². The van der Waals surface area contributed by atoms with Crippen molar-refractivity contribution in [3.8, 4) is 6.07 Å². The molecule has 0 saturated heterocycles. The average Bonchev–Trinajstić information content (AvgIpc) is 2.60. The number of anilines is 1. The van der Waals surface area contributed by atoms with Gasteiger partial charge in [-0.1, -0.05) is 0 Å². The standard InChI is InChI=1S/C18H16N6/c1-11-3-4-16-17(23-11)18(22-10-21-16)24-6-5-14-13(9-24)8-20-12(2)15(14)7-19/h3-4,8,10H,5-6,9H2,1-2H3. The van der Waals surface area contributed by atoms with Crippen LogP contribution in [0.1, 0.15) is 28.1 Å². The molecule has 4 rings (SSSR count). The van der Waals surface area contributed by atoms with E-state index in [0.717, 1.165) is 52.3 Å². The summed E-state index contributed by atoms with van der Waals surface area (Å²) >= 11 is 0. The summed E-state index contributed by atoms with van der Waals surface area (Å²) in [4.78, 5) is 20.0. The summed E-state index contributed by atoms with van der Waals surface area (Å²) in [5, 5.41) is 9.40. The van der Waals surface area contributed by atoms with Crippen LogP contribution in [-0.4, -0.2) is 26.5 Å². The van der Waals surface area contributed by atoms with Crippen molar-refractivity contribution in [2.45, 2.75) is 26.8 Å². The van der Waals surface area contributed by atoms with E-state index >= 15 is 0 Å². The second-order valence-electron chi connectivity index (χ2n) is 6.02. The molecule has 0 N–H and O–H groups in total. The van der Waals surface area contributed by atoms with Crippen molar-refractivity contribution in [2.75, 3.05) is 11.4 Å². The Bertz CT molecular complexity index is 989. The van der Waals surface area contributed by atoms with E-state index in [-0.39, 0.29) is 0 Å². The van der Waals surface area contributed by atoms with Crippen LogP contribution in [0.2, 0.25) is 0 Å². The fourth-order valence-corrected chi connectivity index (χ4v) is 3.23. The van der Waals surface area contributed by atoms with Crippen LogP contribution in [0, 0.1) is 25.2 Å². The maximum Gasteiger partial charge on any atom is 0.158 e. The normalized spacial score (nSPS) is 13.6. The molecule has 0 radical (unpaired) electrons. The number of pyridine rings is 2. The van der Waals surface area contributed by atoms with Crippen LogP contribution in [-0.2, 0) is 13.0 Å². The molecule has 0 bridgehead atoms. The van der Waals surface area contributed by atoms with E-state index in [1.807, 2.05) is 32.2 Å². The highest BCUT2D eigenvalue weighted by Crippen LogP contribution is 2.29. The Morgan fingerprint density at radius 2 is 2.04 bits per heavy atom. The number of nitriles is 1. The predicted molar refractivity (Wildman–Crippen MR) is 90.5 cm³/mol. The molecule has 6 nitrogen and oxygen atoms in total. The lowest BCUT2D eigenvalue weighted by molar-refractivity contribution is 0.714. The number of aromatic nitrogens is 4. The zero-order valence-electron chi connectivity index (χ0n) is 13.6. The van der Waals surface area contributed by atoms with Gasteiger partial charge in [-0.05, 0) is 43.5 Å². The molecule has 118 valence electrons. The van der Waals surface area contributed by atoms with Crippen molar-refractivity contribution in [2.24, 2.45) is 0 Å². The summed E-state index contributed by atoms with van der Waals surface area (Å²) in [6.07, 6.45) is 4.26. The first-order valence-electron chi connectivity index (χ1n) is 7.88. The largest absolute Gasteiger partial charge is 0.350 e. The van der Waals surface area contributed by atoms with Gasteiger partial charge in [-0.2, -0.15) is 5.26 Å². The van der Waals surface area contributed by atoms with Crippen molar-refractivity contribution in [1.29, 1.82) is 5.26 Å². The summed E-state index contributed by atoms with van der Waals surface area (Å²) in [5.74, 6) is 0.841. The SMILES string of the molecule is Cc1ccc2ncnc(N3CCc4c(cnc(C)c4C#N)C3)c2n1. The Hall–Kier alpha value is -3.07. The molecule has 6 heteroatoms. The molecule has 24 heavy (non-hydrogen) atoms. The predicted octanol–water partition coefficient (Wildman–Crippen LogP) is 2.47. The summed E-state index contributed by atoms with van der Waals surface area (Å²) in [6, 6.07) is 6.22. The molecule has 3 aromatic rings. The van der Waals surface area contributed by atoms with Crippen LogP contribution in [0.3, 0.4) is 0 Å². The van der Waals surface area contributed by atoms with Gasteiger partial charge < -0.3 is 4.90 Å². The molecular formula is C18H16N6. The van der Waals surface area contributed by atoms with Crippen molar-refractivity contribution in [3.05, 3.63) is 52.7 Å². The number of hydrogen-bond acceptors (Lipinski definition) is 6. The third-order valence-electron chi connectivity index (χ3n) is 4.47. The monoisotopic (exact) mass is 316 g/mol. The Morgan fingerprint density at radius 1 is 1.17 bits per heavy atom. The minimum Gasteiger partial charge on any atom is -0.350 e. The maximum atomic E-state index is 9.40. The van der Waals surface area contributed by atoms with Crippen LogP contribution in [0.15, 0.2) is 24.7 Å². The van der Waals surface area contributed by atoms with Gasteiger partial charge in [0.25, 0.3) is 0 Å². The lowest BCUT2D eigenvalue weighted by Crippen LogP contribution is -2.32. The molecule has 1 aliphatic rings. The fraction of sp³-hybridized carbons (Fsp3) is 0.278. The molecule has 0 fully saturated rings. The van der Waals surface area contributed by atoms with E-state index in [0.29, 0.717) is 12.1 Å². The maximum absolute atomic E-state index is 9.40. The topological polar surface area (TPSA) is 78.6 Å². The van der Waals surface area contributed by atoms with Crippen molar-refractivity contribution < 1.29 is 0 Å². The second-order valence-corrected chi connectivity index (χ2v) is 6.02. The van der Waals surface area contributed by atoms with Crippen LogP contribution in [0.5, 0.6) is 0 Å². The Morgan fingerprint density at radius 3 is 2.88 bits per heavy atom. The van der Waals surface area contributed by atoms with Gasteiger partial charge in [-0.15, -0.1) is 0 Å². The van der Waals surface area contributed by atoms with Crippen LogP contribution >= 0.6 is 0 Å². The van der Waals surface area contributed by atoms with E-state index in [2.05, 4.69) is 30.9 Å². The second kappa shape index (κ2) is 5.53. The highest BCUT2D eigenvalue weighted by atomic mass is 15.2. The number of fused-ring (bicyclic) bond motifs is 2. The minimum atomic E-state index is 0.680. The van der Waals surface area contributed by atoms with Crippen LogP contribution in [0.4, 0.5) is 5.82 Å². The lowest BCUT2D eigenvalue weighted by Gasteiger charge is -2.30. The van der Waals surface area contributed by atoms with Gasteiger partial charge >= 0.3 is 0 Å². The van der Waals surface area contributed by atoms with Gasteiger partial charge in [0.1, 0.15) is 17.9 Å². The van der Waals surface area contributed by atoms with E-state index in [1.165, 1.54) is 0 Å². The first kappa shape index (κ1) is 14.5. The Balaban J connectivity index is 1.79. The number of rotatable bonds is 1. The average molecular weight is 316 g/mol. The van der Waals surface area contributed by atoms with Crippen molar-refractivity contribution in [3.63, 3.8) is 0 Å². The zero-order valence-corrected chi connectivity index (χ0v) is 13.6. The van der Waals surface area contributed by atoms with E-state index in [1.54, 1.807) is 6.33 Å². The summed E-state index contributed by atoms with van der Waals surface area (Å²) in [5.41, 5.74) is 6.33. The van der Waals surface area contributed by atoms with E-state index in [9.17, 15) is 5.26 Å². The van der Waals surface area contributed by atoms with E-state index < -0.39 is 0 Å². The molecule has 3 aromatic heterocycles. The molecule has 0 atom stereocenters. The van der Waals surface area contributed by atoms with Gasteiger partial charge in [-0.25, -0.2) is 15.0 Å². The third kappa shape index (κ3) is 2.26. The fourth-order valence-electron chi connectivity index (χ4n) is 3.23. The molecule has 1 aliphatic heterocycles. The van der Waals surface area contributed by atoms with Crippen LogP contribution in [0.25, 0.3) is 11.0 Å². The zero-order chi connectivity index (χ0) is 16.7. The molecule has 0 aliphatic carbocycles. The Kier molecular flexibility index (Phi) is 3.35. The molecule has 0 unspecified atom stereocenters. The van der Waals surface area contributed by atoms with Gasteiger partial charge in [-0.3, -0.25) is 4.98 Å². The minimum absolute atomic E-state index is 0.680. The molecule has 4 heterocycles. The first-order valence-corrected chi connectivity index (χ1v) is 7.88. The first-order chi connectivity index (χ1) is 11.7. The van der Waals surface area contributed by atoms with Crippen molar-refractivity contribution >= 4 is 16.9 Å². The quantitative estimate of drug-likeness (QED) is 0.686. The lowest BCUT2D eigenvalue weighted by atomic mass is 9.95. The summed E-state index contributed by atoms with van der Waals surface area (Å²) in [7, 11) is 0. The van der Waals surface area contributed by atoms with Crippen LogP contribution < -0.4 is 4.90 Å². The number of hydrogen-bond donors (Lipinski definition) is 0. The summed E-state index contributed by atoms with van der Waals surface area (Å²) < 4.78 is 0. The van der Waals surface area contributed by atoms with E-state index in [4.69, 9.17) is 0 Å².